The van der Waals surface area contributed by atoms with Crippen molar-refractivity contribution in [3.05, 3.63) is 29.3 Å². The summed E-state index contributed by atoms with van der Waals surface area (Å²) in [6.07, 6.45) is 1.87. The summed E-state index contributed by atoms with van der Waals surface area (Å²) in [5, 5.41) is 9.34. The number of ether oxygens (including phenoxy) is 1. The van der Waals surface area contributed by atoms with Gasteiger partial charge >= 0.3 is 0 Å². The molecule has 1 N–H and O–H groups in total. The molecule has 0 bridgehead atoms. The van der Waals surface area contributed by atoms with Crippen LogP contribution in [0, 0.1) is 0 Å². The molecule has 0 radical (unpaired) electrons. The Kier molecular flexibility index (Phi) is 4.52. The molecule has 1 unspecified atom stereocenters. The predicted octanol–water partition coefficient (Wildman–Crippen LogP) is 1.82. The van der Waals surface area contributed by atoms with Gasteiger partial charge in [-0.25, -0.2) is 0 Å². The van der Waals surface area contributed by atoms with Crippen LogP contribution >= 0.6 is 11.3 Å². The van der Waals surface area contributed by atoms with Gasteiger partial charge < -0.3 is 9.64 Å². The van der Waals surface area contributed by atoms with Crippen molar-refractivity contribution >= 4 is 17.2 Å². The molecule has 1 fully saturated rings. The molecular weight excluding hydrogens is 312 g/mol. The Balaban J connectivity index is 1.74. The maximum absolute atomic E-state index is 12.4. The molecule has 7 heteroatoms. The minimum atomic E-state index is -0.783. The van der Waals surface area contributed by atoms with E-state index in [9.17, 15) is 4.79 Å². The van der Waals surface area contributed by atoms with Crippen LogP contribution in [0.2, 0.25) is 0 Å². The number of hydrogen-bond acceptors (Lipinski definition) is 5. The smallest absolute Gasteiger partial charge is 0.255 e. The highest BCUT2D eigenvalue weighted by Gasteiger charge is 2.40. The van der Waals surface area contributed by atoms with E-state index in [0.717, 1.165) is 24.3 Å². The van der Waals surface area contributed by atoms with Gasteiger partial charge in [0.2, 0.25) is 0 Å². The van der Waals surface area contributed by atoms with Crippen molar-refractivity contribution in [1.82, 2.24) is 20.0 Å². The zero-order valence-electron chi connectivity index (χ0n) is 13.7. The number of thiophene rings is 1. The molecule has 3 rings (SSSR count). The number of hydrogen-bond donors (Lipinski definition) is 1. The summed E-state index contributed by atoms with van der Waals surface area (Å²) in [6, 6.07) is 4.12. The van der Waals surface area contributed by atoms with Crippen LogP contribution in [-0.2, 0) is 16.1 Å². The number of aromatic amines is 1. The number of morpholine rings is 1. The van der Waals surface area contributed by atoms with Gasteiger partial charge in [0, 0.05) is 39.3 Å². The second-order valence-corrected chi connectivity index (χ2v) is 7.18. The van der Waals surface area contributed by atoms with E-state index in [2.05, 4.69) is 26.5 Å². The van der Waals surface area contributed by atoms with Gasteiger partial charge in [-0.15, -0.1) is 11.3 Å². The molecule has 1 atom stereocenters. The van der Waals surface area contributed by atoms with Crippen LogP contribution < -0.4 is 0 Å². The Labute approximate surface area is 140 Å². The Bertz CT molecular complexity index is 667. The van der Waals surface area contributed by atoms with Crippen LogP contribution in [0.4, 0.5) is 0 Å². The van der Waals surface area contributed by atoms with Crippen molar-refractivity contribution in [1.29, 1.82) is 0 Å². The summed E-state index contributed by atoms with van der Waals surface area (Å²) in [4.78, 5) is 17.4. The van der Waals surface area contributed by atoms with Crippen molar-refractivity contribution in [2.24, 2.45) is 0 Å². The monoisotopic (exact) mass is 334 g/mol. The Morgan fingerprint density at radius 1 is 1.57 bits per heavy atom. The standard InChI is InChI=1S/C16H22N4O2S/c1-16(15(21)19(2)3)11-20(6-7-22-16)10-12-9-17-18-14(12)13-5-4-8-23-13/h4-5,8-9H,6-7,10-11H2,1-3H3,(H,17,18). The van der Waals surface area contributed by atoms with Crippen molar-refractivity contribution in [3.8, 4) is 10.6 Å². The second-order valence-electron chi connectivity index (χ2n) is 6.24. The fourth-order valence-corrected chi connectivity index (χ4v) is 3.75. The maximum atomic E-state index is 12.4. The number of aromatic nitrogens is 2. The van der Waals surface area contributed by atoms with E-state index in [0.29, 0.717) is 13.2 Å². The number of nitrogens with zero attached hydrogens (tertiary/aromatic N) is 3. The molecule has 2 aromatic heterocycles. The van der Waals surface area contributed by atoms with Crippen LogP contribution in [0.3, 0.4) is 0 Å². The van der Waals surface area contributed by atoms with Crippen LogP contribution in [0.25, 0.3) is 10.6 Å². The average molecular weight is 334 g/mol. The first kappa shape index (κ1) is 16.2. The molecule has 1 aliphatic heterocycles. The van der Waals surface area contributed by atoms with Crippen molar-refractivity contribution in [2.45, 2.75) is 19.1 Å². The lowest BCUT2D eigenvalue weighted by atomic mass is 10.0. The number of rotatable bonds is 4. The van der Waals surface area contributed by atoms with Crippen LogP contribution in [-0.4, -0.2) is 65.3 Å². The highest BCUT2D eigenvalue weighted by Crippen LogP contribution is 2.28. The van der Waals surface area contributed by atoms with Gasteiger partial charge in [0.05, 0.1) is 23.4 Å². The minimum absolute atomic E-state index is 0.00729. The summed E-state index contributed by atoms with van der Waals surface area (Å²) in [5.74, 6) is 0.00729. The summed E-state index contributed by atoms with van der Waals surface area (Å²) >= 11 is 1.69. The average Bonchev–Trinajstić information content (AvgIpc) is 3.17. The summed E-state index contributed by atoms with van der Waals surface area (Å²) in [6.45, 7) is 4.58. The molecule has 1 amide bonds. The second kappa shape index (κ2) is 6.43. The minimum Gasteiger partial charge on any atom is -0.363 e. The molecule has 0 aliphatic carbocycles. The van der Waals surface area contributed by atoms with E-state index >= 15 is 0 Å². The molecular formula is C16H22N4O2S. The molecule has 0 aromatic carbocycles. The normalized spacial score (nSPS) is 22.2. The third kappa shape index (κ3) is 3.31. The molecule has 1 saturated heterocycles. The molecule has 2 aromatic rings. The molecule has 23 heavy (non-hydrogen) atoms. The summed E-state index contributed by atoms with van der Waals surface area (Å²) < 4.78 is 5.79. The Morgan fingerprint density at radius 3 is 3.09 bits per heavy atom. The van der Waals surface area contributed by atoms with Gasteiger partial charge in [0.25, 0.3) is 5.91 Å². The first-order valence-corrected chi connectivity index (χ1v) is 8.52. The number of nitrogens with one attached hydrogen (secondary N) is 1. The summed E-state index contributed by atoms with van der Waals surface area (Å²) in [7, 11) is 3.53. The highest BCUT2D eigenvalue weighted by molar-refractivity contribution is 7.13. The van der Waals surface area contributed by atoms with Crippen LogP contribution in [0.1, 0.15) is 12.5 Å². The number of amides is 1. The van der Waals surface area contributed by atoms with E-state index in [1.807, 2.05) is 19.2 Å². The lowest BCUT2D eigenvalue weighted by Gasteiger charge is -2.40. The Hall–Kier alpha value is -1.70. The molecule has 124 valence electrons. The van der Waals surface area contributed by atoms with E-state index < -0.39 is 5.60 Å². The number of likely N-dealkylation sites (N-methyl/N-ethyl adjacent to an activating group) is 1. The lowest BCUT2D eigenvalue weighted by Crippen LogP contribution is -2.57. The quantitative estimate of drug-likeness (QED) is 0.926. The third-order valence-electron chi connectivity index (χ3n) is 4.09. The van der Waals surface area contributed by atoms with Crippen LogP contribution in [0.5, 0.6) is 0 Å². The van der Waals surface area contributed by atoms with Gasteiger partial charge in [0.1, 0.15) is 0 Å². The fourth-order valence-electron chi connectivity index (χ4n) is 2.99. The van der Waals surface area contributed by atoms with E-state index in [1.165, 1.54) is 4.88 Å². The van der Waals surface area contributed by atoms with Gasteiger partial charge in [0.15, 0.2) is 5.60 Å². The van der Waals surface area contributed by atoms with E-state index in [4.69, 9.17) is 4.74 Å². The van der Waals surface area contributed by atoms with E-state index in [1.54, 1.807) is 30.3 Å². The van der Waals surface area contributed by atoms with Crippen molar-refractivity contribution in [2.75, 3.05) is 33.8 Å². The number of H-pyrrole nitrogens is 1. The number of carbonyl (C=O) groups excluding carboxylic acids is 1. The lowest BCUT2D eigenvalue weighted by molar-refractivity contribution is -0.165. The van der Waals surface area contributed by atoms with Crippen molar-refractivity contribution < 1.29 is 9.53 Å². The Morgan fingerprint density at radius 2 is 2.39 bits per heavy atom. The molecule has 0 saturated carbocycles. The molecule has 0 spiro atoms. The topological polar surface area (TPSA) is 61.5 Å². The maximum Gasteiger partial charge on any atom is 0.255 e. The molecule has 1 aliphatic rings. The third-order valence-corrected chi connectivity index (χ3v) is 4.98. The summed E-state index contributed by atoms with van der Waals surface area (Å²) in [5.41, 5.74) is 1.43. The fraction of sp³-hybridized carbons (Fsp3) is 0.500. The zero-order valence-corrected chi connectivity index (χ0v) is 14.5. The van der Waals surface area contributed by atoms with Gasteiger partial charge in [-0.3, -0.25) is 14.8 Å². The molecule has 3 heterocycles. The predicted molar refractivity (Wildman–Crippen MR) is 90.2 cm³/mol. The van der Waals surface area contributed by atoms with Gasteiger partial charge in [-0.1, -0.05) is 6.07 Å². The number of carbonyl (C=O) groups is 1. The van der Waals surface area contributed by atoms with Gasteiger partial charge in [-0.2, -0.15) is 5.10 Å². The van der Waals surface area contributed by atoms with Gasteiger partial charge in [-0.05, 0) is 18.4 Å². The SMILES string of the molecule is CN(C)C(=O)C1(C)CN(Cc2cn[nH]c2-c2cccs2)CCO1. The van der Waals surface area contributed by atoms with Crippen molar-refractivity contribution in [3.63, 3.8) is 0 Å². The zero-order chi connectivity index (χ0) is 16.4. The largest absolute Gasteiger partial charge is 0.363 e. The highest BCUT2D eigenvalue weighted by atomic mass is 32.1. The first-order valence-electron chi connectivity index (χ1n) is 7.64. The molecule has 6 nitrogen and oxygen atoms in total. The first-order chi connectivity index (χ1) is 11.0. The van der Waals surface area contributed by atoms with E-state index in [-0.39, 0.29) is 5.91 Å². The van der Waals surface area contributed by atoms with Crippen LogP contribution in [0.15, 0.2) is 23.7 Å².